The van der Waals surface area contributed by atoms with Gasteiger partial charge in [-0.3, -0.25) is 14.5 Å². The molecule has 144 valence electrons. The third-order valence-corrected chi connectivity index (χ3v) is 4.35. The Hall–Kier alpha value is -2.73. The van der Waals surface area contributed by atoms with Gasteiger partial charge in [-0.2, -0.15) is 0 Å². The average Bonchev–Trinajstić information content (AvgIpc) is 2.60. The Morgan fingerprint density at radius 2 is 1.67 bits per heavy atom. The second-order valence-electron chi connectivity index (χ2n) is 6.69. The number of aryl methyl sites for hydroxylation is 1. The third-order valence-electron chi connectivity index (χ3n) is 4.35. The number of nitrogens with one attached hydrogen (secondary N) is 2. The molecule has 0 aromatic heterocycles. The zero-order chi connectivity index (χ0) is 19.8. The number of benzene rings is 2. The van der Waals surface area contributed by atoms with Crippen molar-refractivity contribution in [2.75, 3.05) is 32.0 Å². The van der Waals surface area contributed by atoms with Gasteiger partial charge in [0.2, 0.25) is 11.8 Å². The van der Waals surface area contributed by atoms with Gasteiger partial charge in [0.15, 0.2) is 0 Å². The van der Waals surface area contributed by atoms with Crippen LogP contribution in [0.5, 0.6) is 0 Å². The van der Waals surface area contributed by atoms with Gasteiger partial charge in [0, 0.05) is 12.2 Å². The van der Waals surface area contributed by atoms with E-state index in [1.165, 1.54) is 12.1 Å². The number of hydrogen-bond acceptors (Lipinski definition) is 3. The molecule has 0 aliphatic carbocycles. The molecule has 0 fully saturated rings. The summed E-state index contributed by atoms with van der Waals surface area (Å²) in [5, 5.41) is 5.69. The number of likely N-dealkylation sites (N-methyl/N-ethyl adjacent to an activating group) is 1. The molecular weight excluding hydrogens is 345 g/mol. The lowest BCUT2D eigenvalue weighted by Crippen LogP contribution is -2.39. The second kappa shape index (κ2) is 9.83. The molecule has 0 atom stereocenters. The van der Waals surface area contributed by atoms with E-state index in [4.69, 9.17) is 0 Å². The van der Waals surface area contributed by atoms with Crippen LogP contribution in [-0.4, -0.2) is 43.4 Å². The van der Waals surface area contributed by atoms with Gasteiger partial charge >= 0.3 is 0 Å². The fraction of sp³-hybridized carbons (Fsp3) is 0.333. The molecule has 0 spiro atoms. The van der Waals surface area contributed by atoms with Crippen molar-refractivity contribution in [1.82, 2.24) is 10.2 Å². The predicted molar refractivity (Wildman–Crippen MR) is 105 cm³/mol. The summed E-state index contributed by atoms with van der Waals surface area (Å²) in [6, 6.07) is 12.0. The highest BCUT2D eigenvalue weighted by Crippen LogP contribution is 2.17. The highest BCUT2D eigenvalue weighted by molar-refractivity contribution is 5.93. The summed E-state index contributed by atoms with van der Waals surface area (Å²) in [6.07, 6.45) is 0.628. The van der Waals surface area contributed by atoms with Crippen molar-refractivity contribution in [1.29, 1.82) is 0 Å². The Morgan fingerprint density at radius 3 is 2.37 bits per heavy atom. The first-order chi connectivity index (χ1) is 12.8. The molecule has 2 aromatic rings. The van der Waals surface area contributed by atoms with Crippen LogP contribution in [0.25, 0.3) is 0 Å². The molecule has 0 bridgehead atoms. The summed E-state index contributed by atoms with van der Waals surface area (Å²) in [4.78, 5) is 25.8. The number of carbonyl (C=O) groups excluding carboxylic acids is 2. The van der Waals surface area contributed by atoms with Gasteiger partial charge in [-0.1, -0.05) is 24.3 Å². The number of rotatable bonds is 8. The largest absolute Gasteiger partial charge is 0.355 e. The normalized spacial score (nSPS) is 10.7. The molecule has 2 amide bonds. The van der Waals surface area contributed by atoms with Gasteiger partial charge in [-0.25, -0.2) is 4.39 Å². The van der Waals surface area contributed by atoms with Crippen LogP contribution in [0.1, 0.15) is 16.7 Å². The molecule has 5 nitrogen and oxygen atoms in total. The molecule has 6 heteroatoms. The van der Waals surface area contributed by atoms with Gasteiger partial charge in [-0.15, -0.1) is 0 Å². The maximum absolute atomic E-state index is 12.9. The number of anilines is 1. The second-order valence-corrected chi connectivity index (χ2v) is 6.69. The van der Waals surface area contributed by atoms with Crippen molar-refractivity contribution >= 4 is 17.5 Å². The van der Waals surface area contributed by atoms with Crippen molar-refractivity contribution in [3.05, 3.63) is 65.0 Å². The first kappa shape index (κ1) is 20.6. The summed E-state index contributed by atoms with van der Waals surface area (Å²) in [7, 11) is 1.72. The molecule has 0 aliphatic heterocycles. The van der Waals surface area contributed by atoms with Crippen molar-refractivity contribution in [3.63, 3.8) is 0 Å². The standard InChI is InChI=1S/C21H26FN3O2/c1-15-5-4-6-19(16(15)2)24-21(27)14-25(3)13-20(26)23-12-11-17-7-9-18(22)10-8-17/h4-10H,11-14H2,1-3H3,(H,23,26)(H,24,27). The fourth-order valence-electron chi connectivity index (χ4n) is 2.68. The van der Waals surface area contributed by atoms with Crippen LogP contribution in [0.4, 0.5) is 10.1 Å². The lowest BCUT2D eigenvalue weighted by atomic mass is 10.1. The van der Waals surface area contributed by atoms with Crippen LogP contribution < -0.4 is 10.6 Å². The van der Waals surface area contributed by atoms with E-state index in [0.717, 1.165) is 22.4 Å². The summed E-state index contributed by atoms with van der Waals surface area (Å²) >= 11 is 0. The van der Waals surface area contributed by atoms with E-state index in [9.17, 15) is 14.0 Å². The molecular formula is C21H26FN3O2. The number of hydrogen-bond donors (Lipinski definition) is 2. The molecule has 2 rings (SSSR count). The van der Waals surface area contributed by atoms with E-state index in [1.54, 1.807) is 24.1 Å². The zero-order valence-corrected chi connectivity index (χ0v) is 16.0. The van der Waals surface area contributed by atoms with Crippen molar-refractivity contribution in [2.45, 2.75) is 20.3 Å². The summed E-state index contributed by atoms with van der Waals surface area (Å²) in [5.74, 6) is -0.590. The number of halogens is 1. The molecule has 27 heavy (non-hydrogen) atoms. The van der Waals surface area contributed by atoms with Gasteiger partial charge in [0.05, 0.1) is 13.1 Å². The molecule has 0 saturated heterocycles. The van der Waals surface area contributed by atoms with Crippen LogP contribution in [0, 0.1) is 19.7 Å². The predicted octanol–water partition coefficient (Wildman–Crippen LogP) is 2.67. The van der Waals surface area contributed by atoms with Gasteiger partial charge in [0.25, 0.3) is 0 Å². The van der Waals surface area contributed by atoms with E-state index in [2.05, 4.69) is 10.6 Å². The van der Waals surface area contributed by atoms with Crippen molar-refractivity contribution in [2.24, 2.45) is 0 Å². The SMILES string of the molecule is Cc1cccc(NC(=O)CN(C)CC(=O)NCCc2ccc(F)cc2)c1C. The van der Waals surface area contributed by atoms with E-state index in [0.29, 0.717) is 13.0 Å². The summed E-state index contributed by atoms with van der Waals surface area (Å²) in [5.41, 5.74) is 3.89. The Labute approximate surface area is 159 Å². The minimum atomic E-state index is -0.274. The van der Waals surface area contributed by atoms with Crippen LogP contribution >= 0.6 is 0 Å². The van der Waals surface area contributed by atoms with E-state index >= 15 is 0 Å². The quantitative estimate of drug-likeness (QED) is 0.750. The van der Waals surface area contributed by atoms with Crippen molar-refractivity contribution in [3.8, 4) is 0 Å². The van der Waals surface area contributed by atoms with E-state index in [-0.39, 0.29) is 30.7 Å². The Morgan fingerprint density at radius 1 is 1.00 bits per heavy atom. The lowest BCUT2D eigenvalue weighted by Gasteiger charge is -2.17. The first-order valence-electron chi connectivity index (χ1n) is 8.91. The Balaban J connectivity index is 1.71. The Kier molecular flexibility index (Phi) is 7.49. The lowest BCUT2D eigenvalue weighted by molar-refractivity contribution is -0.122. The molecule has 0 heterocycles. The van der Waals surface area contributed by atoms with Crippen molar-refractivity contribution < 1.29 is 14.0 Å². The summed E-state index contributed by atoms with van der Waals surface area (Å²) in [6.45, 7) is 4.67. The smallest absolute Gasteiger partial charge is 0.238 e. The molecule has 0 saturated carbocycles. The van der Waals surface area contributed by atoms with Crippen LogP contribution in [0.15, 0.2) is 42.5 Å². The minimum Gasteiger partial charge on any atom is -0.355 e. The van der Waals surface area contributed by atoms with Gasteiger partial charge in [-0.05, 0) is 62.2 Å². The number of amides is 2. The number of carbonyl (C=O) groups is 2. The van der Waals surface area contributed by atoms with E-state index < -0.39 is 0 Å². The maximum atomic E-state index is 12.9. The van der Waals surface area contributed by atoms with Gasteiger partial charge in [0.1, 0.15) is 5.82 Å². The fourth-order valence-corrected chi connectivity index (χ4v) is 2.68. The number of nitrogens with zero attached hydrogens (tertiary/aromatic N) is 1. The van der Waals surface area contributed by atoms with E-state index in [1.807, 2.05) is 32.0 Å². The summed E-state index contributed by atoms with van der Waals surface area (Å²) < 4.78 is 12.9. The van der Waals surface area contributed by atoms with Crippen LogP contribution in [0.3, 0.4) is 0 Å². The van der Waals surface area contributed by atoms with Crippen LogP contribution in [-0.2, 0) is 16.0 Å². The highest BCUT2D eigenvalue weighted by Gasteiger charge is 2.12. The molecule has 2 aromatic carbocycles. The maximum Gasteiger partial charge on any atom is 0.238 e. The van der Waals surface area contributed by atoms with Crippen LogP contribution in [0.2, 0.25) is 0 Å². The topological polar surface area (TPSA) is 61.4 Å². The molecule has 0 radical (unpaired) electrons. The average molecular weight is 371 g/mol. The Bertz CT molecular complexity index is 791. The molecule has 0 unspecified atom stereocenters. The third kappa shape index (κ3) is 6.83. The highest BCUT2D eigenvalue weighted by atomic mass is 19.1. The monoisotopic (exact) mass is 371 g/mol. The minimum absolute atomic E-state index is 0.124. The zero-order valence-electron chi connectivity index (χ0n) is 16.0. The molecule has 2 N–H and O–H groups in total. The van der Waals surface area contributed by atoms with Gasteiger partial charge < -0.3 is 10.6 Å². The molecule has 0 aliphatic rings. The first-order valence-corrected chi connectivity index (χ1v) is 8.91.